The summed E-state index contributed by atoms with van der Waals surface area (Å²) >= 11 is 1.69. The third kappa shape index (κ3) is 3.01. The first-order chi connectivity index (χ1) is 8.33. The van der Waals surface area contributed by atoms with Crippen LogP contribution in [0.5, 0.6) is 0 Å². The van der Waals surface area contributed by atoms with Crippen molar-refractivity contribution in [2.45, 2.75) is 26.2 Å². The smallest absolute Gasteiger partial charge is 0.143 e. The van der Waals surface area contributed by atoms with Crippen molar-refractivity contribution in [2.75, 3.05) is 0 Å². The topological polar surface area (TPSA) is 25.8 Å². The third-order valence-electron chi connectivity index (χ3n) is 2.60. The minimum atomic E-state index is 1.01. The predicted molar refractivity (Wildman–Crippen MR) is 74.0 cm³/mol. The molecule has 1 aromatic carbocycles. The molecule has 0 amide bonds. The Morgan fingerprint density at radius 3 is 2.65 bits per heavy atom. The third-order valence-corrected chi connectivity index (χ3v) is 3.64. The summed E-state index contributed by atoms with van der Waals surface area (Å²) in [6.07, 6.45) is 5.27. The Hall–Kier alpha value is -1.48. The van der Waals surface area contributed by atoms with Crippen LogP contribution in [0.1, 0.15) is 30.3 Å². The zero-order valence-corrected chi connectivity index (χ0v) is 10.8. The average molecular weight is 244 g/mol. The summed E-state index contributed by atoms with van der Waals surface area (Å²) in [5.41, 5.74) is 2.26. The van der Waals surface area contributed by atoms with Gasteiger partial charge in [-0.05, 0) is 12.0 Å². The SMILES string of the molecule is C=Cc1ccc(-c2nnc(CCCC)s2)cc1. The Bertz CT molecular complexity index is 485. The van der Waals surface area contributed by atoms with Crippen LogP contribution in [0.4, 0.5) is 0 Å². The summed E-state index contributed by atoms with van der Waals surface area (Å²) in [5.74, 6) is 0. The molecule has 0 bridgehead atoms. The number of nitrogens with zero attached hydrogens (tertiary/aromatic N) is 2. The van der Waals surface area contributed by atoms with E-state index < -0.39 is 0 Å². The molecule has 0 fully saturated rings. The van der Waals surface area contributed by atoms with Gasteiger partial charge in [-0.15, -0.1) is 10.2 Å². The van der Waals surface area contributed by atoms with Crippen molar-refractivity contribution in [3.63, 3.8) is 0 Å². The van der Waals surface area contributed by atoms with Gasteiger partial charge in [0.25, 0.3) is 0 Å². The number of aromatic nitrogens is 2. The van der Waals surface area contributed by atoms with E-state index in [1.807, 2.05) is 6.08 Å². The zero-order valence-electron chi connectivity index (χ0n) is 10.0. The Morgan fingerprint density at radius 1 is 1.24 bits per heavy atom. The molecule has 1 heterocycles. The molecule has 2 aromatic rings. The molecule has 0 aliphatic carbocycles. The van der Waals surface area contributed by atoms with Gasteiger partial charge in [0.2, 0.25) is 0 Å². The highest BCUT2D eigenvalue weighted by Gasteiger charge is 2.05. The molecule has 2 nitrogen and oxygen atoms in total. The lowest BCUT2D eigenvalue weighted by molar-refractivity contribution is 0.780. The van der Waals surface area contributed by atoms with Gasteiger partial charge in [-0.3, -0.25) is 0 Å². The molecule has 3 heteroatoms. The standard InChI is InChI=1S/C14H16N2S/c1-3-5-6-13-15-16-14(17-13)12-9-7-11(4-2)8-10-12/h4,7-10H,2-3,5-6H2,1H3. The number of rotatable bonds is 5. The van der Waals surface area contributed by atoms with Crippen LogP contribution in [-0.2, 0) is 6.42 Å². The van der Waals surface area contributed by atoms with Crippen LogP contribution in [0.25, 0.3) is 16.6 Å². The number of unbranched alkanes of at least 4 members (excludes halogenated alkanes) is 1. The van der Waals surface area contributed by atoms with Crippen LogP contribution >= 0.6 is 11.3 Å². The maximum absolute atomic E-state index is 4.24. The molecule has 2 rings (SSSR count). The molecule has 1 aromatic heterocycles. The molecule has 0 unspecified atom stereocenters. The van der Waals surface area contributed by atoms with Gasteiger partial charge in [-0.2, -0.15) is 0 Å². The summed E-state index contributed by atoms with van der Waals surface area (Å²) in [5, 5.41) is 10.6. The fourth-order valence-corrected chi connectivity index (χ4v) is 2.45. The Labute approximate surface area is 106 Å². The number of hydrogen-bond donors (Lipinski definition) is 0. The first-order valence-electron chi connectivity index (χ1n) is 5.88. The van der Waals surface area contributed by atoms with E-state index in [0.717, 1.165) is 27.6 Å². The van der Waals surface area contributed by atoms with Crippen molar-refractivity contribution in [3.05, 3.63) is 41.4 Å². The van der Waals surface area contributed by atoms with Crippen molar-refractivity contribution in [3.8, 4) is 10.6 Å². The lowest BCUT2D eigenvalue weighted by Crippen LogP contribution is -1.82. The summed E-state index contributed by atoms with van der Waals surface area (Å²) in [6, 6.07) is 8.24. The maximum atomic E-state index is 4.24. The monoisotopic (exact) mass is 244 g/mol. The quantitative estimate of drug-likeness (QED) is 0.788. The molecule has 88 valence electrons. The normalized spacial score (nSPS) is 10.4. The van der Waals surface area contributed by atoms with E-state index >= 15 is 0 Å². The fraction of sp³-hybridized carbons (Fsp3) is 0.286. The van der Waals surface area contributed by atoms with E-state index in [0.29, 0.717) is 0 Å². The van der Waals surface area contributed by atoms with Gasteiger partial charge < -0.3 is 0 Å². The molecule has 0 aliphatic heterocycles. The molecular weight excluding hydrogens is 228 g/mol. The Kier molecular flexibility index (Phi) is 4.04. The molecule has 17 heavy (non-hydrogen) atoms. The summed E-state index contributed by atoms with van der Waals surface area (Å²) in [4.78, 5) is 0. The second kappa shape index (κ2) is 5.73. The zero-order chi connectivity index (χ0) is 12.1. The largest absolute Gasteiger partial charge is 0.147 e. The summed E-state index contributed by atoms with van der Waals surface area (Å²) in [6.45, 7) is 5.94. The van der Waals surface area contributed by atoms with Gasteiger partial charge in [0.05, 0.1) is 0 Å². The van der Waals surface area contributed by atoms with Gasteiger partial charge in [0.1, 0.15) is 10.0 Å². The van der Waals surface area contributed by atoms with Crippen molar-refractivity contribution in [1.29, 1.82) is 0 Å². The van der Waals surface area contributed by atoms with Crippen LogP contribution < -0.4 is 0 Å². The fourth-order valence-electron chi connectivity index (χ4n) is 1.56. The number of aryl methyl sites for hydroxylation is 1. The summed E-state index contributed by atoms with van der Waals surface area (Å²) in [7, 11) is 0. The highest BCUT2D eigenvalue weighted by Crippen LogP contribution is 2.24. The average Bonchev–Trinajstić information content (AvgIpc) is 2.85. The van der Waals surface area contributed by atoms with Crippen molar-refractivity contribution in [1.82, 2.24) is 10.2 Å². The van der Waals surface area contributed by atoms with Crippen molar-refractivity contribution >= 4 is 17.4 Å². The number of benzene rings is 1. The van der Waals surface area contributed by atoms with E-state index in [9.17, 15) is 0 Å². The molecule has 0 saturated carbocycles. The molecular formula is C14H16N2S. The van der Waals surface area contributed by atoms with Gasteiger partial charge in [-0.1, -0.05) is 61.6 Å². The molecule has 0 radical (unpaired) electrons. The minimum Gasteiger partial charge on any atom is -0.143 e. The molecule has 0 atom stereocenters. The van der Waals surface area contributed by atoms with E-state index in [-0.39, 0.29) is 0 Å². The van der Waals surface area contributed by atoms with E-state index in [1.54, 1.807) is 11.3 Å². The van der Waals surface area contributed by atoms with E-state index in [4.69, 9.17) is 0 Å². The van der Waals surface area contributed by atoms with Crippen LogP contribution in [-0.4, -0.2) is 10.2 Å². The highest BCUT2D eigenvalue weighted by atomic mass is 32.1. The second-order valence-corrected chi connectivity index (χ2v) is 4.99. The van der Waals surface area contributed by atoms with E-state index in [1.165, 1.54) is 12.8 Å². The van der Waals surface area contributed by atoms with Gasteiger partial charge >= 0.3 is 0 Å². The Balaban J connectivity index is 2.15. The lowest BCUT2D eigenvalue weighted by atomic mass is 10.1. The highest BCUT2D eigenvalue weighted by molar-refractivity contribution is 7.14. The molecule has 0 N–H and O–H groups in total. The minimum absolute atomic E-state index is 1.01. The lowest BCUT2D eigenvalue weighted by Gasteiger charge is -1.96. The van der Waals surface area contributed by atoms with Gasteiger partial charge in [0.15, 0.2) is 0 Å². The first kappa shape index (κ1) is 12.0. The predicted octanol–water partition coefficient (Wildman–Crippen LogP) is 4.19. The van der Waals surface area contributed by atoms with Crippen LogP contribution in [0.15, 0.2) is 30.8 Å². The summed E-state index contributed by atoms with van der Waals surface area (Å²) < 4.78 is 0. The molecule has 0 spiro atoms. The Morgan fingerprint density at radius 2 is 2.00 bits per heavy atom. The molecule has 0 saturated heterocycles. The van der Waals surface area contributed by atoms with Crippen LogP contribution in [0.2, 0.25) is 0 Å². The van der Waals surface area contributed by atoms with Gasteiger partial charge in [0, 0.05) is 12.0 Å². The second-order valence-electron chi connectivity index (χ2n) is 3.93. The van der Waals surface area contributed by atoms with Crippen LogP contribution in [0, 0.1) is 0 Å². The first-order valence-corrected chi connectivity index (χ1v) is 6.70. The van der Waals surface area contributed by atoms with Crippen molar-refractivity contribution < 1.29 is 0 Å². The van der Waals surface area contributed by atoms with E-state index in [2.05, 4.69) is 48.0 Å². The molecule has 0 aliphatic rings. The van der Waals surface area contributed by atoms with Crippen molar-refractivity contribution in [2.24, 2.45) is 0 Å². The van der Waals surface area contributed by atoms with Gasteiger partial charge in [-0.25, -0.2) is 0 Å². The number of hydrogen-bond acceptors (Lipinski definition) is 3. The maximum Gasteiger partial charge on any atom is 0.147 e. The van der Waals surface area contributed by atoms with Crippen LogP contribution in [0.3, 0.4) is 0 Å².